The summed E-state index contributed by atoms with van der Waals surface area (Å²) in [6, 6.07) is 25.1. The minimum atomic E-state index is 0.932. The van der Waals surface area contributed by atoms with E-state index in [-0.39, 0.29) is 0 Å². The monoisotopic (exact) mass is 351 g/mol. The number of anilines is 1. The Kier molecular flexibility index (Phi) is 4.67. The maximum Gasteiger partial charge on any atom is 0.101 e. The van der Waals surface area contributed by atoms with Crippen molar-refractivity contribution in [1.29, 1.82) is 0 Å². The van der Waals surface area contributed by atoms with Gasteiger partial charge in [-0.05, 0) is 34.9 Å². The van der Waals surface area contributed by atoms with Crippen LogP contribution in [0.3, 0.4) is 0 Å². The number of allylic oxidation sites excluding steroid dienone is 1. The van der Waals surface area contributed by atoms with Crippen molar-refractivity contribution in [3.63, 3.8) is 0 Å². The molecule has 0 aromatic heterocycles. The molecule has 0 saturated heterocycles. The van der Waals surface area contributed by atoms with E-state index in [9.17, 15) is 0 Å². The van der Waals surface area contributed by atoms with E-state index in [4.69, 9.17) is 0 Å². The first-order valence-corrected chi connectivity index (χ1v) is 8.98. The van der Waals surface area contributed by atoms with Crippen LogP contribution in [0.4, 0.5) is 5.69 Å². The van der Waals surface area contributed by atoms with Crippen LogP contribution >= 0.6 is 0 Å². The minimum absolute atomic E-state index is 0.932. The van der Waals surface area contributed by atoms with Crippen molar-refractivity contribution in [2.24, 2.45) is 10.2 Å². The smallest absolute Gasteiger partial charge is 0.101 e. The zero-order valence-electron chi connectivity index (χ0n) is 15.5. The van der Waals surface area contributed by atoms with Gasteiger partial charge in [-0.15, -0.1) is 5.10 Å². The molecule has 0 heterocycles. The van der Waals surface area contributed by atoms with Gasteiger partial charge in [-0.2, -0.15) is 5.10 Å². The molecule has 0 saturated carbocycles. The molecule has 1 aliphatic carbocycles. The van der Waals surface area contributed by atoms with E-state index in [0.29, 0.717) is 0 Å². The van der Waals surface area contributed by atoms with Gasteiger partial charge in [0.05, 0.1) is 0 Å². The quantitative estimate of drug-likeness (QED) is 0.364. The van der Waals surface area contributed by atoms with Crippen molar-refractivity contribution in [3.05, 3.63) is 95.6 Å². The topological polar surface area (TPSA) is 28.0 Å². The summed E-state index contributed by atoms with van der Waals surface area (Å²) in [5.74, 6) is 0. The van der Waals surface area contributed by atoms with Gasteiger partial charge in [0.1, 0.15) is 5.71 Å². The van der Waals surface area contributed by atoms with E-state index in [0.717, 1.165) is 22.4 Å². The van der Waals surface area contributed by atoms with Gasteiger partial charge in [-0.1, -0.05) is 66.7 Å². The molecule has 0 unspecified atom stereocenters. The first kappa shape index (κ1) is 17.0. The maximum atomic E-state index is 4.50. The Bertz CT molecular complexity index is 994. The zero-order chi connectivity index (χ0) is 18.6. The van der Waals surface area contributed by atoms with Gasteiger partial charge in [-0.25, -0.2) is 0 Å². The summed E-state index contributed by atoms with van der Waals surface area (Å²) in [5, 5.41) is 8.78. The fourth-order valence-corrected chi connectivity index (χ4v) is 3.27. The zero-order valence-corrected chi connectivity index (χ0v) is 15.5. The molecular weight excluding hydrogens is 330 g/mol. The van der Waals surface area contributed by atoms with E-state index in [2.05, 4.69) is 75.8 Å². The molecule has 0 radical (unpaired) electrons. The van der Waals surface area contributed by atoms with Crippen LogP contribution in [0.5, 0.6) is 0 Å². The average Bonchev–Trinajstić information content (AvgIpc) is 3.02. The van der Waals surface area contributed by atoms with Gasteiger partial charge in [-0.3, -0.25) is 0 Å². The van der Waals surface area contributed by atoms with Crippen molar-refractivity contribution in [2.75, 3.05) is 19.0 Å². The minimum Gasteiger partial charge on any atom is -0.378 e. The molecular formula is C24H21N3. The van der Waals surface area contributed by atoms with E-state index < -0.39 is 0 Å². The van der Waals surface area contributed by atoms with Crippen molar-refractivity contribution in [1.82, 2.24) is 0 Å². The van der Waals surface area contributed by atoms with Crippen LogP contribution in [0, 0.1) is 0 Å². The highest BCUT2D eigenvalue weighted by Gasteiger charge is 2.23. The highest BCUT2D eigenvalue weighted by atomic mass is 15.2. The van der Waals surface area contributed by atoms with Gasteiger partial charge in [0.25, 0.3) is 0 Å². The van der Waals surface area contributed by atoms with Gasteiger partial charge in [0, 0.05) is 37.1 Å². The Hall–Kier alpha value is -3.46. The highest BCUT2D eigenvalue weighted by Crippen LogP contribution is 2.36. The molecule has 3 heteroatoms. The molecule has 132 valence electrons. The number of fused-ring (bicyclic) bond motifs is 3. The molecule has 0 amide bonds. The molecule has 0 spiro atoms. The fourth-order valence-electron chi connectivity index (χ4n) is 3.27. The Labute approximate surface area is 160 Å². The third-order valence-electron chi connectivity index (χ3n) is 4.66. The fraction of sp³-hybridized carbons (Fsp3) is 0.0833. The standard InChI is InChI=1S/C24H21N3/c1-27(2)19-15-13-18(14-16-19)8-7-17-25-26-24-22-11-5-3-9-20(22)21-10-4-6-12-23(21)24/h3-17H,1-2H3/b8-7-,25-17-. The SMILES string of the molecule is CN(C)c1ccc(/C=C\C=N/N=C2c3ccccc3-c3ccccc32)cc1. The van der Waals surface area contributed by atoms with Crippen molar-refractivity contribution in [2.45, 2.75) is 0 Å². The first-order chi connectivity index (χ1) is 13.2. The van der Waals surface area contributed by atoms with Crippen LogP contribution in [0.1, 0.15) is 16.7 Å². The van der Waals surface area contributed by atoms with Crippen LogP contribution in [0.25, 0.3) is 17.2 Å². The molecule has 4 rings (SSSR count). The summed E-state index contributed by atoms with van der Waals surface area (Å²) >= 11 is 0. The summed E-state index contributed by atoms with van der Waals surface area (Å²) in [4.78, 5) is 2.09. The predicted molar refractivity (Wildman–Crippen MR) is 116 cm³/mol. The van der Waals surface area contributed by atoms with Gasteiger partial charge in [0.15, 0.2) is 0 Å². The van der Waals surface area contributed by atoms with Gasteiger partial charge < -0.3 is 4.90 Å². The second-order valence-corrected chi connectivity index (χ2v) is 6.65. The number of hydrogen-bond donors (Lipinski definition) is 0. The van der Waals surface area contributed by atoms with Crippen LogP contribution < -0.4 is 4.90 Å². The Morgan fingerprint density at radius 1 is 0.704 bits per heavy atom. The number of benzene rings is 3. The van der Waals surface area contributed by atoms with E-state index in [1.54, 1.807) is 6.21 Å². The van der Waals surface area contributed by atoms with Crippen molar-refractivity contribution >= 4 is 23.7 Å². The van der Waals surface area contributed by atoms with Crippen molar-refractivity contribution in [3.8, 4) is 11.1 Å². The number of hydrogen-bond acceptors (Lipinski definition) is 3. The summed E-state index contributed by atoms with van der Waals surface area (Å²) < 4.78 is 0. The number of nitrogens with zero attached hydrogens (tertiary/aromatic N) is 3. The lowest BCUT2D eigenvalue weighted by Crippen LogP contribution is -2.07. The second-order valence-electron chi connectivity index (χ2n) is 6.65. The molecule has 0 fully saturated rings. The maximum absolute atomic E-state index is 4.50. The molecule has 1 aliphatic rings. The lowest BCUT2D eigenvalue weighted by Gasteiger charge is -2.11. The predicted octanol–water partition coefficient (Wildman–Crippen LogP) is 5.27. The van der Waals surface area contributed by atoms with Crippen LogP contribution in [0.15, 0.2) is 89.1 Å². The van der Waals surface area contributed by atoms with Gasteiger partial charge >= 0.3 is 0 Å². The normalized spacial score (nSPS) is 12.4. The molecule has 3 aromatic carbocycles. The average molecular weight is 351 g/mol. The first-order valence-electron chi connectivity index (χ1n) is 8.98. The Balaban J connectivity index is 1.54. The third-order valence-corrected chi connectivity index (χ3v) is 4.66. The molecule has 0 atom stereocenters. The van der Waals surface area contributed by atoms with Crippen LogP contribution in [-0.4, -0.2) is 26.0 Å². The summed E-state index contributed by atoms with van der Waals surface area (Å²) in [7, 11) is 4.08. The Morgan fingerprint density at radius 2 is 1.26 bits per heavy atom. The lowest BCUT2D eigenvalue weighted by atomic mass is 10.1. The second kappa shape index (κ2) is 7.42. The molecule has 3 nitrogen and oxygen atoms in total. The number of rotatable bonds is 4. The van der Waals surface area contributed by atoms with Crippen molar-refractivity contribution < 1.29 is 0 Å². The third kappa shape index (κ3) is 3.44. The molecule has 0 aliphatic heterocycles. The van der Waals surface area contributed by atoms with Gasteiger partial charge in [0.2, 0.25) is 0 Å². The molecule has 0 bridgehead atoms. The largest absolute Gasteiger partial charge is 0.378 e. The van der Waals surface area contributed by atoms with E-state index in [1.165, 1.54) is 16.8 Å². The van der Waals surface area contributed by atoms with Crippen LogP contribution in [0.2, 0.25) is 0 Å². The summed E-state index contributed by atoms with van der Waals surface area (Å²) in [6.07, 6.45) is 5.68. The summed E-state index contributed by atoms with van der Waals surface area (Å²) in [5.41, 5.74) is 7.97. The van der Waals surface area contributed by atoms with Crippen LogP contribution in [-0.2, 0) is 0 Å². The molecule has 0 N–H and O–H groups in total. The Morgan fingerprint density at radius 3 is 1.81 bits per heavy atom. The highest BCUT2D eigenvalue weighted by molar-refractivity contribution is 6.24. The summed E-state index contributed by atoms with van der Waals surface area (Å²) in [6.45, 7) is 0. The lowest BCUT2D eigenvalue weighted by molar-refractivity contribution is 1.13. The molecule has 3 aromatic rings. The van der Waals surface area contributed by atoms with E-state index in [1.807, 2.05) is 38.4 Å². The molecule has 27 heavy (non-hydrogen) atoms. The van der Waals surface area contributed by atoms with E-state index >= 15 is 0 Å².